The monoisotopic (exact) mass is 339 g/mol. The number of anilines is 1. The van der Waals surface area contributed by atoms with Gasteiger partial charge in [-0.15, -0.1) is 5.10 Å². The molecule has 1 aromatic carbocycles. The summed E-state index contributed by atoms with van der Waals surface area (Å²) in [4.78, 5) is 9.18. The van der Waals surface area contributed by atoms with Crippen LogP contribution in [0.25, 0.3) is 22.3 Å². The van der Waals surface area contributed by atoms with Gasteiger partial charge >= 0.3 is 0 Å². The van der Waals surface area contributed by atoms with E-state index in [0.717, 1.165) is 60.7 Å². The van der Waals surface area contributed by atoms with Gasteiger partial charge in [-0.2, -0.15) is 10.2 Å². The van der Waals surface area contributed by atoms with Gasteiger partial charge in [0.2, 0.25) is 0 Å². The third-order valence-electron chi connectivity index (χ3n) is 4.66. The minimum absolute atomic E-state index is 0.203. The lowest BCUT2D eigenvalue weighted by molar-refractivity contribution is 0.188. The van der Waals surface area contributed by atoms with Crippen molar-refractivity contribution in [2.45, 2.75) is 6.92 Å². The molecule has 0 radical (unpaired) electrons. The van der Waals surface area contributed by atoms with Gasteiger partial charge in [0.05, 0.1) is 18.3 Å². The minimum Gasteiger partial charge on any atom is -0.395 e. The second-order valence-electron chi connectivity index (χ2n) is 6.27. The number of aryl methyl sites for hydroxylation is 1. The first-order valence-corrected chi connectivity index (χ1v) is 8.47. The number of aliphatic hydroxyl groups is 1. The lowest BCUT2D eigenvalue weighted by atomic mass is 10.1. The quantitative estimate of drug-likeness (QED) is 0.727. The number of hydrogen-bond donors (Lipinski definition) is 2. The van der Waals surface area contributed by atoms with Crippen molar-refractivity contribution in [2.75, 3.05) is 44.2 Å². The summed E-state index contributed by atoms with van der Waals surface area (Å²) in [5.74, 6) is 1.47. The Labute approximate surface area is 145 Å². The highest BCUT2D eigenvalue weighted by Crippen LogP contribution is 2.23. The smallest absolute Gasteiger partial charge is 0.183 e. The Hall–Kier alpha value is -2.58. The number of nitrogens with one attached hydrogen (secondary N) is 1. The highest BCUT2D eigenvalue weighted by Gasteiger charge is 2.18. The van der Waals surface area contributed by atoms with Crippen molar-refractivity contribution in [3.8, 4) is 11.4 Å². The number of aliphatic hydroxyl groups excluding tert-OH is 1. The number of nitrogens with zero attached hydrogens (tertiary/aromatic N) is 6. The van der Waals surface area contributed by atoms with Crippen LogP contribution in [0.15, 0.2) is 24.4 Å². The van der Waals surface area contributed by atoms with Crippen molar-refractivity contribution in [3.63, 3.8) is 0 Å². The van der Waals surface area contributed by atoms with E-state index in [0.29, 0.717) is 5.82 Å². The van der Waals surface area contributed by atoms with E-state index >= 15 is 0 Å². The van der Waals surface area contributed by atoms with E-state index in [9.17, 15) is 0 Å². The van der Waals surface area contributed by atoms with E-state index in [1.165, 1.54) is 0 Å². The predicted molar refractivity (Wildman–Crippen MR) is 95.4 cm³/mol. The summed E-state index contributed by atoms with van der Waals surface area (Å²) in [5.41, 5.74) is 2.90. The number of rotatable bonds is 4. The SMILES string of the molecule is Cc1[nH]nc2ccc(-c3nncc(N4CCN(CCO)CC4)n3)cc12. The first-order chi connectivity index (χ1) is 12.2. The van der Waals surface area contributed by atoms with Gasteiger partial charge in [-0.05, 0) is 25.1 Å². The van der Waals surface area contributed by atoms with Gasteiger partial charge in [0.1, 0.15) is 0 Å². The fourth-order valence-corrected chi connectivity index (χ4v) is 3.19. The maximum absolute atomic E-state index is 9.05. The Bertz CT molecular complexity index is 870. The van der Waals surface area contributed by atoms with Crippen molar-refractivity contribution in [1.29, 1.82) is 0 Å². The van der Waals surface area contributed by atoms with E-state index in [-0.39, 0.29) is 6.61 Å². The molecule has 1 aliphatic heterocycles. The van der Waals surface area contributed by atoms with Gasteiger partial charge in [-0.1, -0.05) is 0 Å². The standard InChI is InChI=1S/C17H21N7O/c1-12-14-10-13(2-3-15(14)21-20-12)17-19-16(11-18-22-17)24-6-4-23(5-7-24)8-9-25/h2-3,10-11,25H,4-9H2,1H3,(H,20,21). The topological polar surface area (TPSA) is 94.1 Å². The van der Waals surface area contributed by atoms with Crippen LogP contribution in [0, 0.1) is 6.92 Å². The second-order valence-corrected chi connectivity index (χ2v) is 6.27. The van der Waals surface area contributed by atoms with Crippen LogP contribution in [0.5, 0.6) is 0 Å². The summed E-state index contributed by atoms with van der Waals surface area (Å²) in [5, 5.41) is 25.7. The molecule has 0 saturated carbocycles. The molecule has 4 rings (SSSR count). The fourth-order valence-electron chi connectivity index (χ4n) is 3.19. The van der Waals surface area contributed by atoms with Crippen LogP contribution in [-0.2, 0) is 0 Å². The molecule has 2 aromatic heterocycles. The first kappa shape index (κ1) is 15.9. The van der Waals surface area contributed by atoms with Crippen LogP contribution < -0.4 is 4.90 Å². The lowest BCUT2D eigenvalue weighted by Gasteiger charge is -2.34. The third-order valence-corrected chi connectivity index (χ3v) is 4.66. The van der Waals surface area contributed by atoms with E-state index in [1.54, 1.807) is 6.20 Å². The van der Waals surface area contributed by atoms with Gasteiger partial charge in [-0.25, -0.2) is 4.98 Å². The highest BCUT2D eigenvalue weighted by molar-refractivity contribution is 5.85. The third kappa shape index (κ3) is 3.18. The zero-order chi connectivity index (χ0) is 17.2. The molecular weight excluding hydrogens is 318 g/mol. The molecular formula is C17H21N7O. The Kier molecular flexibility index (Phi) is 4.29. The highest BCUT2D eigenvalue weighted by atomic mass is 16.3. The number of benzene rings is 1. The molecule has 1 saturated heterocycles. The molecule has 0 atom stereocenters. The van der Waals surface area contributed by atoms with Gasteiger partial charge in [0.25, 0.3) is 0 Å². The molecule has 2 N–H and O–H groups in total. The molecule has 0 spiro atoms. The largest absolute Gasteiger partial charge is 0.395 e. The molecule has 130 valence electrons. The molecule has 0 amide bonds. The van der Waals surface area contributed by atoms with Crippen LogP contribution in [0.4, 0.5) is 5.82 Å². The van der Waals surface area contributed by atoms with Crippen LogP contribution >= 0.6 is 0 Å². The number of piperazine rings is 1. The van der Waals surface area contributed by atoms with Crippen molar-refractivity contribution < 1.29 is 5.11 Å². The van der Waals surface area contributed by atoms with Gasteiger partial charge in [0.15, 0.2) is 11.6 Å². The zero-order valence-corrected chi connectivity index (χ0v) is 14.2. The normalized spacial score (nSPS) is 15.8. The van der Waals surface area contributed by atoms with E-state index in [2.05, 4.69) is 30.2 Å². The second kappa shape index (κ2) is 6.73. The minimum atomic E-state index is 0.203. The van der Waals surface area contributed by atoms with Crippen LogP contribution in [0.3, 0.4) is 0 Å². The summed E-state index contributed by atoms with van der Waals surface area (Å²) in [6.45, 7) is 6.51. The molecule has 3 aromatic rings. The molecule has 1 aliphatic rings. The summed E-state index contributed by atoms with van der Waals surface area (Å²) >= 11 is 0. The van der Waals surface area contributed by atoms with E-state index < -0.39 is 0 Å². The summed E-state index contributed by atoms with van der Waals surface area (Å²) in [6.07, 6.45) is 1.72. The average Bonchev–Trinajstić information content (AvgIpc) is 3.03. The van der Waals surface area contributed by atoms with E-state index in [1.807, 2.05) is 25.1 Å². The van der Waals surface area contributed by atoms with Crippen molar-refractivity contribution in [3.05, 3.63) is 30.1 Å². The molecule has 0 unspecified atom stereocenters. The van der Waals surface area contributed by atoms with Crippen molar-refractivity contribution >= 4 is 16.7 Å². The summed E-state index contributed by atoms with van der Waals surface area (Å²) < 4.78 is 0. The molecule has 1 fully saturated rings. The lowest BCUT2D eigenvalue weighted by Crippen LogP contribution is -2.47. The van der Waals surface area contributed by atoms with Crippen LogP contribution in [-0.4, -0.2) is 74.7 Å². The first-order valence-electron chi connectivity index (χ1n) is 8.47. The number of H-pyrrole nitrogens is 1. The number of fused-ring (bicyclic) bond motifs is 1. The molecule has 8 nitrogen and oxygen atoms in total. The molecule has 3 heterocycles. The van der Waals surface area contributed by atoms with Crippen LogP contribution in [0.1, 0.15) is 5.69 Å². The van der Waals surface area contributed by atoms with E-state index in [4.69, 9.17) is 10.1 Å². The Balaban J connectivity index is 1.57. The predicted octanol–water partition coefficient (Wildman–Crippen LogP) is 0.838. The van der Waals surface area contributed by atoms with Gasteiger partial charge in [0, 0.05) is 49.4 Å². The van der Waals surface area contributed by atoms with Crippen molar-refractivity contribution in [2.24, 2.45) is 0 Å². The Morgan fingerprint density at radius 2 is 2.04 bits per heavy atom. The maximum atomic E-state index is 9.05. The number of aromatic nitrogens is 5. The van der Waals surface area contributed by atoms with Gasteiger partial charge < -0.3 is 10.0 Å². The van der Waals surface area contributed by atoms with Crippen molar-refractivity contribution in [1.82, 2.24) is 30.3 Å². The average molecular weight is 339 g/mol. The molecule has 0 aliphatic carbocycles. The summed E-state index contributed by atoms with van der Waals surface area (Å²) in [7, 11) is 0. The molecule has 0 bridgehead atoms. The Morgan fingerprint density at radius 3 is 2.84 bits per heavy atom. The van der Waals surface area contributed by atoms with Gasteiger partial charge in [-0.3, -0.25) is 10.00 Å². The fraction of sp³-hybridized carbons (Fsp3) is 0.412. The number of aromatic amines is 1. The molecule has 25 heavy (non-hydrogen) atoms. The van der Waals surface area contributed by atoms with Crippen LogP contribution in [0.2, 0.25) is 0 Å². The zero-order valence-electron chi connectivity index (χ0n) is 14.2. The Morgan fingerprint density at radius 1 is 1.20 bits per heavy atom. The molecule has 8 heteroatoms. The number of β-amino-alcohol motifs (C(OH)–C–C–N with tert-alkyl or cyclic N) is 1. The maximum Gasteiger partial charge on any atom is 0.183 e. The number of hydrogen-bond acceptors (Lipinski definition) is 7. The summed E-state index contributed by atoms with van der Waals surface area (Å²) in [6, 6.07) is 5.99.